The van der Waals surface area contributed by atoms with Gasteiger partial charge in [-0.2, -0.15) is 0 Å². The maximum Gasteiger partial charge on any atom is 0.408 e. The Bertz CT molecular complexity index is 706. The van der Waals surface area contributed by atoms with Crippen molar-refractivity contribution in [2.24, 2.45) is 5.41 Å². The number of hydrogen-bond donors (Lipinski definition) is 5. The van der Waals surface area contributed by atoms with E-state index >= 15 is 0 Å². The molecule has 1 aliphatic rings. The summed E-state index contributed by atoms with van der Waals surface area (Å²) < 4.78 is 15.2. The molecule has 1 saturated heterocycles. The van der Waals surface area contributed by atoms with Crippen molar-refractivity contribution >= 4 is 12.1 Å². The van der Waals surface area contributed by atoms with Gasteiger partial charge in [-0.05, 0) is 11.0 Å². The van der Waals surface area contributed by atoms with Gasteiger partial charge in [0.15, 0.2) is 6.29 Å². The molecule has 0 unspecified atom stereocenters. The molecule has 1 aliphatic heterocycles. The SMILES string of the molecule is CC(C)(C)[C@@H](NC(=O)OCc1ccccc1)C(=O)OC[C@H]1O[C@@H](O)[C@@H](O)[C@H](O)[C@@H]1O. The van der Waals surface area contributed by atoms with Gasteiger partial charge in [-0.25, -0.2) is 9.59 Å². The number of carbonyl (C=O) groups excluding carboxylic acids is 2. The lowest BCUT2D eigenvalue weighted by atomic mass is 9.87. The van der Waals surface area contributed by atoms with E-state index in [2.05, 4.69) is 5.32 Å². The standard InChI is InChI=1S/C20H29NO9/c1-20(2,3)16(21-19(27)29-9-11-7-5-4-6-8-11)18(26)28-10-12-13(22)14(23)15(24)17(25)30-12/h4-8,12-17,22-25H,9-10H2,1-3H3,(H,21,27)/t12-,13-,14-,15+,16+,17-/m1/s1. The van der Waals surface area contributed by atoms with Gasteiger partial charge in [-0.3, -0.25) is 0 Å². The highest BCUT2D eigenvalue weighted by molar-refractivity contribution is 5.82. The fourth-order valence-corrected chi connectivity index (χ4v) is 2.83. The van der Waals surface area contributed by atoms with Gasteiger partial charge in [-0.1, -0.05) is 51.1 Å². The highest BCUT2D eigenvalue weighted by Crippen LogP contribution is 2.23. The molecule has 5 N–H and O–H groups in total. The lowest BCUT2D eigenvalue weighted by Gasteiger charge is -2.38. The van der Waals surface area contributed by atoms with Gasteiger partial charge in [0.05, 0.1) is 0 Å². The molecule has 2 rings (SSSR count). The molecule has 10 nitrogen and oxygen atoms in total. The van der Waals surface area contributed by atoms with Crippen LogP contribution in [0.3, 0.4) is 0 Å². The number of aliphatic hydroxyl groups is 4. The number of carbonyl (C=O) groups is 2. The average Bonchev–Trinajstić information content (AvgIpc) is 2.70. The number of benzene rings is 1. The van der Waals surface area contributed by atoms with Gasteiger partial charge in [0.2, 0.25) is 0 Å². The van der Waals surface area contributed by atoms with E-state index in [1.165, 1.54) is 0 Å². The number of ether oxygens (including phenoxy) is 3. The highest BCUT2D eigenvalue weighted by Gasteiger charge is 2.44. The summed E-state index contributed by atoms with van der Waals surface area (Å²) in [7, 11) is 0. The highest BCUT2D eigenvalue weighted by atomic mass is 16.7. The third-order valence-electron chi connectivity index (χ3n) is 4.65. The predicted octanol–water partition coefficient (Wildman–Crippen LogP) is -0.329. The van der Waals surface area contributed by atoms with Crippen molar-refractivity contribution in [3.05, 3.63) is 35.9 Å². The minimum Gasteiger partial charge on any atom is -0.461 e. The summed E-state index contributed by atoms with van der Waals surface area (Å²) in [5.41, 5.74) is 0.0506. The third-order valence-corrected chi connectivity index (χ3v) is 4.65. The normalized spacial score (nSPS) is 27.8. The Morgan fingerprint density at radius 2 is 1.67 bits per heavy atom. The number of aliphatic hydroxyl groups excluding tert-OH is 4. The summed E-state index contributed by atoms with van der Waals surface area (Å²) in [4.78, 5) is 24.7. The van der Waals surface area contributed by atoms with Crippen molar-refractivity contribution in [3.63, 3.8) is 0 Å². The van der Waals surface area contributed by atoms with Crippen LogP contribution in [0, 0.1) is 5.41 Å². The van der Waals surface area contributed by atoms with Crippen molar-refractivity contribution in [1.29, 1.82) is 0 Å². The Balaban J connectivity index is 1.92. The van der Waals surface area contributed by atoms with E-state index in [-0.39, 0.29) is 6.61 Å². The molecule has 1 heterocycles. The second-order valence-corrected chi connectivity index (χ2v) is 8.17. The van der Waals surface area contributed by atoms with E-state index in [0.29, 0.717) is 0 Å². The minimum atomic E-state index is -1.74. The van der Waals surface area contributed by atoms with Crippen LogP contribution in [0.5, 0.6) is 0 Å². The molecular formula is C20H29NO9. The Kier molecular flexibility index (Phi) is 8.16. The summed E-state index contributed by atoms with van der Waals surface area (Å²) >= 11 is 0. The molecule has 0 aromatic heterocycles. The first-order valence-corrected chi connectivity index (χ1v) is 9.52. The molecule has 0 bridgehead atoms. The zero-order valence-electron chi connectivity index (χ0n) is 17.1. The average molecular weight is 427 g/mol. The Hall–Kier alpha value is -2.24. The van der Waals surface area contributed by atoms with E-state index in [9.17, 15) is 30.0 Å². The monoisotopic (exact) mass is 427 g/mol. The zero-order valence-corrected chi connectivity index (χ0v) is 17.1. The van der Waals surface area contributed by atoms with E-state index in [4.69, 9.17) is 14.2 Å². The van der Waals surface area contributed by atoms with Crippen LogP contribution >= 0.6 is 0 Å². The fraction of sp³-hybridized carbons (Fsp3) is 0.600. The first-order valence-electron chi connectivity index (χ1n) is 9.52. The van der Waals surface area contributed by atoms with Crippen molar-refractivity contribution < 1.29 is 44.2 Å². The van der Waals surface area contributed by atoms with E-state index in [1.54, 1.807) is 45.0 Å². The molecule has 6 atom stereocenters. The molecule has 1 aromatic carbocycles. The molecule has 1 amide bonds. The van der Waals surface area contributed by atoms with Crippen LogP contribution in [0.1, 0.15) is 26.3 Å². The number of esters is 1. The minimum absolute atomic E-state index is 0.0266. The Labute approximate surface area is 174 Å². The van der Waals surface area contributed by atoms with Crippen molar-refractivity contribution in [1.82, 2.24) is 5.32 Å². The maximum absolute atomic E-state index is 12.6. The van der Waals surface area contributed by atoms with Crippen molar-refractivity contribution in [3.8, 4) is 0 Å². The van der Waals surface area contributed by atoms with Gasteiger partial charge < -0.3 is 40.0 Å². The fourth-order valence-electron chi connectivity index (χ4n) is 2.83. The Morgan fingerprint density at radius 3 is 2.27 bits per heavy atom. The molecule has 1 fully saturated rings. The number of alkyl carbamates (subject to hydrolysis) is 1. The zero-order chi connectivity index (χ0) is 22.5. The number of amides is 1. The lowest BCUT2D eigenvalue weighted by molar-refractivity contribution is -0.287. The smallest absolute Gasteiger partial charge is 0.408 e. The van der Waals surface area contributed by atoms with Gasteiger partial charge >= 0.3 is 12.1 Å². The molecular weight excluding hydrogens is 398 g/mol. The number of nitrogens with one attached hydrogen (secondary N) is 1. The third kappa shape index (κ3) is 6.38. The second kappa shape index (κ2) is 10.2. The molecule has 10 heteroatoms. The second-order valence-electron chi connectivity index (χ2n) is 8.17. The van der Waals surface area contributed by atoms with E-state index < -0.39 is 60.8 Å². The molecule has 0 saturated carbocycles. The van der Waals surface area contributed by atoms with Crippen LogP contribution in [0.2, 0.25) is 0 Å². The molecule has 1 aromatic rings. The topological polar surface area (TPSA) is 155 Å². The predicted molar refractivity (Wildman–Crippen MR) is 103 cm³/mol. The molecule has 30 heavy (non-hydrogen) atoms. The van der Waals surface area contributed by atoms with Gasteiger partial charge in [-0.15, -0.1) is 0 Å². The van der Waals surface area contributed by atoms with Crippen LogP contribution < -0.4 is 5.32 Å². The van der Waals surface area contributed by atoms with Crippen LogP contribution in [-0.2, 0) is 25.6 Å². The van der Waals surface area contributed by atoms with Gasteiger partial charge in [0.1, 0.15) is 43.7 Å². The molecule has 0 spiro atoms. The van der Waals surface area contributed by atoms with Crippen molar-refractivity contribution in [2.45, 2.75) is 64.1 Å². The summed E-state index contributed by atoms with van der Waals surface area (Å²) in [6.45, 7) is 4.66. The van der Waals surface area contributed by atoms with Gasteiger partial charge in [0.25, 0.3) is 0 Å². The largest absolute Gasteiger partial charge is 0.461 e. The number of hydrogen-bond acceptors (Lipinski definition) is 9. The van der Waals surface area contributed by atoms with Gasteiger partial charge in [0, 0.05) is 0 Å². The first-order chi connectivity index (χ1) is 14.0. The Morgan fingerprint density at radius 1 is 1.03 bits per heavy atom. The van der Waals surface area contributed by atoms with Crippen LogP contribution in [0.15, 0.2) is 30.3 Å². The summed E-state index contributed by atoms with van der Waals surface area (Å²) in [5, 5.41) is 41.2. The summed E-state index contributed by atoms with van der Waals surface area (Å²) in [6, 6.07) is 7.94. The summed E-state index contributed by atoms with van der Waals surface area (Å²) in [5.74, 6) is -0.815. The lowest BCUT2D eigenvalue weighted by Crippen LogP contribution is -2.59. The van der Waals surface area contributed by atoms with Crippen LogP contribution in [-0.4, -0.2) is 75.8 Å². The summed E-state index contributed by atoms with van der Waals surface area (Å²) in [6.07, 6.45) is -8.73. The van der Waals surface area contributed by atoms with Crippen molar-refractivity contribution in [2.75, 3.05) is 6.61 Å². The molecule has 168 valence electrons. The number of rotatable bonds is 6. The van der Waals surface area contributed by atoms with E-state index in [1.807, 2.05) is 6.07 Å². The molecule has 0 radical (unpaired) electrons. The molecule has 0 aliphatic carbocycles. The van der Waals surface area contributed by atoms with E-state index in [0.717, 1.165) is 5.56 Å². The maximum atomic E-state index is 12.6. The quantitative estimate of drug-likeness (QED) is 0.384. The van der Waals surface area contributed by atoms with Crippen LogP contribution in [0.25, 0.3) is 0 Å². The first kappa shape index (κ1) is 24.0. The van der Waals surface area contributed by atoms with Crippen LogP contribution in [0.4, 0.5) is 4.79 Å².